The summed E-state index contributed by atoms with van der Waals surface area (Å²) in [6.07, 6.45) is 1.28. The number of benzene rings is 3. The third kappa shape index (κ3) is 5.35. The summed E-state index contributed by atoms with van der Waals surface area (Å²) in [4.78, 5) is 12.6. The molecule has 32 heavy (non-hydrogen) atoms. The van der Waals surface area contributed by atoms with Crippen molar-refractivity contribution in [3.63, 3.8) is 0 Å². The molecule has 3 rings (SSSR count). The Bertz CT molecular complexity index is 1340. The average molecular weight is 467 g/mol. The molecule has 0 radical (unpaired) electrons. The van der Waals surface area contributed by atoms with E-state index in [-0.39, 0.29) is 21.8 Å². The van der Waals surface area contributed by atoms with Crippen LogP contribution < -0.4 is 9.50 Å². The topological polar surface area (TPSA) is 96.3 Å². The van der Waals surface area contributed by atoms with Crippen LogP contribution >= 0.6 is 11.6 Å². The van der Waals surface area contributed by atoms with E-state index in [0.717, 1.165) is 11.1 Å². The molecule has 0 aliphatic carbocycles. The van der Waals surface area contributed by atoms with Gasteiger partial charge in [0, 0.05) is 16.3 Å². The minimum Gasteiger partial charge on any atom is -0.378 e. The van der Waals surface area contributed by atoms with Gasteiger partial charge in [0.05, 0.1) is 0 Å². The monoisotopic (exact) mass is 466 g/mol. The van der Waals surface area contributed by atoms with Crippen LogP contribution in [0.1, 0.15) is 16.7 Å². The summed E-state index contributed by atoms with van der Waals surface area (Å²) in [5.74, 6) is -0.633. The molecule has 0 atom stereocenters. The number of para-hydroxylation sites is 1. The van der Waals surface area contributed by atoms with Crippen LogP contribution in [0.3, 0.4) is 0 Å². The minimum atomic E-state index is -4.15. The number of nitriles is 1. The summed E-state index contributed by atoms with van der Waals surface area (Å²) in [5, 5.41) is 12.6. The maximum atomic E-state index is 12.7. The summed E-state index contributed by atoms with van der Waals surface area (Å²) in [5.41, 5.74) is 2.53. The maximum absolute atomic E-state index is 12.7. The average Bonchev–Trinajstić information content (AvgIpc) is 2.76. The van der Waals surface area contributed by atoms with E-state index >= 15 is 0 Å². The quantitative estimate of drug-likeness (QED) is 0.303. The van der Waals surface area contributed by atoms with Gasteiger partial charge < -0.3 is 9.50 Å². The highest BCUT2D eigenvalue weighted by Gasteiger charge is 2.19. The van der Waals surface area contributed by atoms with E-state index in [0.29, 0.717) is 10.7 Å². The SMILES string of the molecule is Cc1cccc(NC(=O)/C(C#N)=C/c2ccccc2OS(=O)(=O)c2ccc(Cl)cc2)c1C. The Morgan fingerprint density at radius 3 is 2.41 bits per heavy atom. The van der Waals surface area contributed by atoms with Crippen LogP contribution in [-0.4, -0.2) is 14.3 Å². The van der Waals surface area contributed by atoms with Gasteiger partial charge in [0.1, 0.15) is 22.3 Å². The number of aryl methyl sites for hydroxylation is 1. The number of hydrogen-bond acceptors (Lipinski definition) is 5. The van der Waals surface area contributed by atoms with Gasteiger partial charge in [-0.1, -0.05) is 41.9 Å². The van der Waals surface area contributed by atoms with Gasteiger partial charge in [-0.25, -0.2) is 0 Å². The second kappa shape index (κ2) is 9.69. The van der Waals surface area contributed by atoms with Gasteiger partial charge in [-0.3, -0.25) is 4.79 Å². The third-order valence-corrected chi connectivity index (χ3v) is 6.24. The maximum Gasteiger partial charge on any atom is 0.339 e. The van der Waals surface area contributed by atoms with Crippen molar-refractivity contribution < 1.29 is 17.4 Å². The highest BCUT2D eigenvalue weighted by molar-refractivity contribution is 7.87. The lowest BCUT2D eigenvalue weighted by molar-refractivity contribution is -0.112. The number of halogens is 1. The van der Waals surface area contributed by atoms with Crippen molar-refractivity contribution in [3.8, 4) is 11.8 Å². The van der Waals surface area contributed by atoms with Crippen molar-refractivity contribution in [3.05, 3.63) is 94.0 Å². The van der Waals surface area contributed by atoms with E-state index in [1.807, 2.05) is 26.0 Å². The highest BCUT2D eigenvalue weighted by Crippen LogP contribution is 2.26. The molecule has 0 aliphatic heterocycles. The Labute approximate surface area is 191 Å². The molecule has 0 saturated carbocycles. The van der Waals surface area contributed by atoms with Crippen LogP contribution in [0, 0.1) is 25.2 Å². The lowest BCUT2D eigenvalue weighted by Crippen LogP contribution is -2.15. The molecular formula is C24H19ClN2O4S. The Hall–Kier alpha value is -3.60. The molecule has 0 aromatic heterocycles. The summed E-state index contributed by atoms with van der Waals surface area (Å²) in [7, 11) is -4.15. The first kappa shape index (κ1) is 23.1. The van der Waals surface area contributed by atoms with Crippen molar-refractivity contribution in [2.45, 2.75) is 18.7 Å². The largest absolute Gasteiger partial charge is 0.378 e. The first-order valence-corrected chi connectivity index (χ1v) is 11.3. The molecule has 6 nitrogen and oxygen atoms in total. The van der Waals surface area contributed by atoms with Crippen molar-refractivity contribution in [1.29, 1.82) is 5.26 Å². The molecule has 1 amide bonds. The summed E-state index contributed by atoms with van der Waals surface area (Å²) >= 11 is 5.81. The molecule has 0 spiro atoms. The smallest absolute Gasteiger partial charge is 0.339 e. The predicted molar refractivity (Wildman–Crippen MR) is 124 cm³/mol. The van der Waals surface area contributed by atoms with Crippen LogP contribution in [0.25, 0.3) is 6.08 Å². The highest BCUT2D eigenvalue weighted by atomic mass is 35.5. The van der Waals surface area contributed by atoms with Crippen LogP contribution in [0.4, 0.5) is 5.69 Å². The molecule has 162 valence electrons. The predicted octanol–water partition coefficient (Wildman–Crippen LogP) is 5.27. The van der Waals surface area contributed by atoms with E-state index in [2.05, 4.69) is 5.32 Å². The first-order valence-electron chi connectivity index (χ1n) is 9.50. The molecule has 3 aromatic carbocycles. The third-order valence-electron chi connectivity index (χ3n) is 4.74. The molecule has 0 heterocycles. The van der Waals surface area contributed by atoms with E-state index in [9.17, 15) is 18.5 Å². The molecular weight excluding hydrogens is 448 g/mol. The molecule has 0 bridgehead atoms. The standard InChI is InChI=1S/C24H19ClN2O4S/c1-16-6-5-8-22(17(16)2)27-24(28)19(15-26)14-18-7-3-4-9-23(18)31-32(29,30)21-12-10-20(25)11-13-21/h3-14H,1-2H3,(H,27,28)/b19-14+. The van der Waals surface area contributed by atoms with Gasteiger partial charge in [-0.05, 0) is 67.4 Å². The van der Waals surface area contributed by atoms with Crippen LogP contribution in [0.5, 0.6) is 5.75 Å². The van der Waals surface area contributed by atoms with Crippen molar-refractivity contribution in [2.24, 2.45) is 0 Å². The van der Waals surface area contributed by atoms with Gasteiger partial charge in [0.25, 0.3) is 5.91 Å². The molecule has 3 aromatic rings. The Balaban J connectivity index is 1.91. The Morgan fingerprint density at radius 2 is 1.72 bits per heavy atom. The van der Waals surface area contributed by atoms with Crippen LogP contribution in [-0.2, 0) is 14.9 Å². The molecule has 0 saturated heterocycles. The molecule has 8 heteroatoms. The Kier molecular flexibility index (Phi) is 6.98. The van der Waals surface area contributed by atoms with E-state index in [4.69, 9.17) is 15.8 Å². The number of rotatable bonds is 6. The molecule has 0 aliphatic rings. The van der Waals surface area contributed by atoms with Crippen molar-refractivity contribution in [1.82, 2.24) is 0 Å². The van der Waals surface area contributed by atoms with Crippen LogP contribution in [0.2, 0.25) is 5.02 Å². The van der Waals surface area contributed by atoms with Crippen LogP contribution in [0.15, 0.2) is 77.2 Å². The molecule has 0 fully saturated rings. The zero-order valence-electron chi connectivity index (χ0n) is 17.3. The van der Waals surface area contributed by atoms with E-state index < -0.39 is 16.0 Å². The fourth-order valence-corrected chi connectivity index (χ4v) is 3.90. The summed E-state index contributed by atoms with van der Waals surface area (Å²) in [6, 6.07) is 19.1. The second-order valence-electron chi connectivity index (χ2n) is 6.90. The van der Waals surface area contributed by atoms with Crippen molar-refractivity contribution in [2.75, 3.05) is 5.32 Å². The van der Waals surface area contributed by atoms with E-state index in [1.165, 1.54) is 36.4 Å². The normalized spacial score (nSPS) is 11.5. The molecule has 1 N–H and O–H groups in total. The fraction of sp³-hybridized carbons (Fsp3) is 0.0833. The number of anilines is 1. The van der Waals surface area contributed by atoms with Gasteiger partial charge >= 0.3 is 10.1 Å². The van der Waals surface area contributed by atoms with Gasteiger partial charge in [-0.15, -0.1) is 0 Å². The van der Waals surface area contributed by atoms with Gasteiger partial charge in [0.15, 0.2) is 0 Å². The zero-order valence-corrected chi connectivity index (χ0v) is 18.9. The van der Waals surface area contributed by atoms with Crippen molar-refractivity contribution >= 4 is 39.4 Å². The molecule has 0 unspecified atom stereocenters. The first-order chi connectivity index (χ1) is 15.2. The van der Waals surface area contributed by atoms with E-state index in [1.54, 1.807) is 30.3 Å². The summed E-state index contributed by atoms with van der Waals surface area (Å²) in [6.45, 7) is 3.78. The lowest BCUT2D eigenvalue weighted by atomic mass is 10.1. The number of carbonyl (C=O) groups is 1. The summed E-state index contributed by atoms with van der Waals surface area (Å²) < 4.78 is 30.5. The van der Waals surface area contributed by atoms with Gasteiger partial charge in [-0.2, -0.15) is 13.7 Å². The number of amides is 1. The number of nitrogens with zero attached hydrogens (tertiary/aromatic N) is 1. The number of nitrogens with one attached hydrogen (secondary N) is 1. The lowest BCUT2D eigenvalue weighted by Gasteiger charge is -2.11. The van der Waals surface area contributed by atoms with Gasteiger partial charge in [0.2, 0.25) is 0 Å². The number of carbonyl (C=O) groups excluding carboxylic acids is 1. The number of hydrogen-bond donors (Lipinski definition) is 1. The zero-order chi connectivity index (χ0) is 23.3. The minimum absolute atomic E-state index is 0.0188. The fourth-order valence-electron chi connectivity index (χ4n) is 2.82. The Morgan fingerprint density at radius 1 is 1.03 bits per heavy atom. The second-order valence-corrected chi connectivity index (χ2v) is 8.88.